The van der Waals surface area contributed by atoms with Crippen molar-refractivity contribution in [2.45, 2.75) is 57.2 Å². The molecule has 2 aliphatic rings. The topological polar surface area (TPSA) is 123 Å². The number of methoxy groups -OCH3 is 2. The molecule has 0 unspecified atom stereocenters. The first-order valence-corrected chi connectivity index (χ1v) is 15.4. The maximum atomic E-state index is 10.7. The summed E-state index contributed by atoms with van der Waals surface area (Å²) in [7, 11) is 3.38. The Kier molecular flexibility index (Phi) is 13.9. The summed E-state index contributed by atoms with van der Waals surface area (Å²) >= 11 is 0. The van der Waals surface area contributed by atoms with E-state index in [1.807, 2.05) is 6.07 Å². The van der Waals surface area contributed by atoms with Gasteiger partial charge in [-0.05, 0) is 48.6 Å². The first-order chi connectivity index (χ1) is 21.5. The van der Waals surface area contributed by atoms with Gasteiger partial charge in [-0.1, -0.05) is 30.3 Å². The Hall–Kier alpha value is -3.00. The molecule has 2 aliphatic heterocycles. The van der Waals surface area contributed by atoms with Gasteiger partial charge in [-0.15, -0.1) is 10.1 Å². The van der Waals surface area contributed by atoms with Crippen LogP contribution in [0.1, 0.15) is 42.4 Å². The van der Waals surface area contributed by atoms with E-state index in [-0.39, 0.29) is 18.1 Å². The number of rotatable bonds is 19. The van der Waals surface area contributed by atoms with Crippen LogP contribution in [0.15, 0.2) is 42.5 Å². The van der Waals surface area contributed by atoms with Crippen LogP contribution in [0.2, 0.25) is 0 Å². The monoisotopic (exact) mass is 617 g/mol. The number of hydrogen-bond donors (Lipinski definition) is 1. The molecule has 0 aromatic heterocycles. The van der Waals surface area contributed by atoms with Crippen LogP contribution in [-0.2, 0) is 41.7 Å². The minimum Gasteiger partial charge on any atom is -0.490 e. The molecule has 244 valence electrons. The lowest BCUT2D eigenvalue weighted by molar-refractivity contribution is -0.767. The second kappa shape index (κ2) is 18.1. The fourth-order valence-electron chi connectivity index (χ4n) is 5.61. The number of anilines is 1. The van der Waals surface area contributed by atoms with E-state index >= 15 is 0 Å². The van der Waals surface area contributed by atoms with Crippen molar-refractivity contribution in [3.05, 3.63) is 69.3 Å². The Labute approximate surface area is 259 Å². The molecule has 1 saturated heterocycles. The lowest BCUT2D eigenvalue weighted by Crippen LogP contribution is -2.50. The smallest absolute Gasteiger partial charge is 0.294 e. The minimum absolute atomic E-state index is 0.0436. The summed E-state index contributed by atoms with van der Waals surface area (Å²) in [6, 6.07) is 14.6. The fourth-order valence-corrected chi connectivity index (χ4v) is 5.61. The predicted molar refractivity (Wildman–Crippen MR) is 165 cm³/mol. The van der Waals surface area contributed by atoms with E-state index < -0.39 is 11.2 Å². The zero-order chi connectivity index (χ0) is 31.1. The van der Waals surface area contributed by atoms with Crippen LogP contribution in [0.4, 0.5) is 5.69 Å². The molecule has 1 fully saturated rings. The van der Waals surface area contributed by atoms with Gasteiger partial charge in [-0.25, -0.2) is 0 Å². The van der Waals surface area contributed by atoms with Gasteiger partial charge < -0.3 is 43.5 Å². The van der Waals surface area contributed by atoms with Gasteiger partial charge in [-0.2, -0.15) is 0 Å². The average Bonchev–Trinajstić information content (AvgIpc) is 3.02. The third kappa shape index (κ3) is 10.3. The molecule has 0 bridgehead atoms. The Morgan fingerprint density at radius 3 is 2.48 bits per heavy atom. The molecule has 4 rings (SSSR count). The normalized spacial score (nSPS) is 20.5. The summed E-state index contributed by atoms with van der Waals surface area (Å²) in [6.45, 7) is 8.49. The minimum atomic E-state index is -0.758. The maximum Gasteiger partial charge on any atom is 0.294 e. The van der Waals surface area contributed by atoms with E-state index in [9.17, 15) is 10.1 Å². The highest BCUT2D eigenvalue weighted by Gasteiger charge is 2.36. The quantitative estimate of drug-likeness (QED) is 0.141. The largest absolute Gasteiger partial charge is 0.490 e. The molecule has 1 N–H and O–H groups in total. The lowest BCUT2D eigenvalue weighted by Gasteiger charge is -2.39. The summed E-state index contributed by atoms with van der Waals surface area (Å²) in [6.07, 6.45) is 0.462. The van der Waals surface area contributed by atoms with E-state index in [0.717, 1.165) is 54.2 Å². The van der Waals surface area contributed by atoms with Crippen LogP contribution in [-0.4, -0.2) is 96.8 Å². The van der Waals surface area contributed by atoms with Crippen molar-refractivity contribution < 1.29 is 38.3 Å². The van der Waals surface area contributed by atoms with Crippen molar-refractivity contribution in [3.63, 3.8) is 0 Å². The van der Waals surface area contributed by atoms with Crippen LogP contribution in [0.3, 0.4) is 0 Å². The summed E-state index contributed by atoms with van der Waals surface area (Å²) in [4.78, 5) is 17.7. The highest BCUT2D eigenvalue weighted by molar-refractivity contribution is 5.61. The van der Waals surface area contributed by atoms with Gasteiger partial charge in [0.25, 0.3) is 5.09 Å². The van der Waals surface area contributed by atoms with E-state index in [4.69, 9.17) is 28.4 Å². The van der Waals surface area contributed by atoms with Crippen molar-refractivity contribution in [2.24, 2.45) is 0 Å². The Bertz CT molecular complexity index is 1140. The van der Waals surface area contributed by atoms with Crippen molar-refractivity contribution in [1.29, 1.82) is 0 Å². The number of nitrogens with zero attached hydrogens (tertiary/aromatic N) is 2. The van der Waals surface area contributed by atoms with Crippen molar-refractivity contribution in [2.75, 3.05) is 78.3 Å². The highest BCUT2D eigenvalue weighted by Crippen LogP contribution is 2.35. The van der Waals surface area contributed by atoms with Gasteiger partial charge in [0, 0.05) is 53.0 Å². The van der Waals surface area contributed by atoms with E-state index in [2.05, 4.69) is 51.5 Å². The molecule has 4 atom stereocenters. The van der Waals surface area contributed by atoms with Gasteiger partial charge in [0.1, 0.15) is 18.5 Å². The highest BCUT2D eigenvalue weighted by atomic mass is 17.0. The number of nitrogens with one attached hydrogen (secondary N) is 1. The molecule has 0 aliphatic carbocycles. The molecular formula is C32H47N3O9. The number of piperidine rings is 1. The van der Waals surface area contributed by atoms with Crippen LogP contribution < -0.4 is 15.0 Å². The number of ether oxygens (including phenoxy) is 6. The molecule has 12 nitrogen and oxygen atoms in total. The summed E-state index contributed by atoms with van der Waals surface area (Å²) in [5, 5.41) is 13.4. The Balaban J connectivity index is 1.45. The van der Waals surface area contributed by atoms with Gasteiger partial charge in [0.15, 0.2) is 0 Å². The Morgan fingerprint density at radius 2 is 1.73 bits per heavy atom. The molecule has 2 heterocycles. The van der Waals surface area contributed by atoms with E-state index in [1.165, 1.54) is 0 Å². The maximum absolute atomic E-state index is 10.7. The van der Waals surface area contributed by atoms with Crippen LogP contribution in [0.5, 0.6) is 5.75 Å². The molecule has 0 spiro atoms. The second-order valence-electron chi connectivity index (χ2n) is 11.1. The van der Waals surface area contributed by atoms with Gasteiger partial charge in [0.05, 0.1) is 50.9 Å². The molecule has 0 amide bonds. The standard InChI is InChI=1S/C32H47N3O9/c1-24(44-35(36)37)11-15-41-30-20-33-21-31(32(30)27-8-5-25(6-9-27)22-40-18-17-39-3)43-23-26-7-10-29-28(19-26)34(13-16-42-29)12-4-14-38-2/h5-10,19,24,30-33H,4,11-18,20-23H2,1-3H3/t24-,30+,31-,32-/m0/s1. The fraction of sp³-hybridized carbons (Fsp3) is 0.625. The molecule has 0 radical (unpaired) electrons. The van der Waals surface area contributed by atoms with Crippen LogP contribution in [0, 0.1) is 10.1 Å². The summed E-state index contributed by atoms with van der Waals surface area (Å²) < 4.78 is 34.9. The zero-order valence-electron chi connectivity index (χ0n) is 26.1. The van der Waals surface area contributed by atoms with Crippen molar-refractivity contribution in [3.8, 4) is 5.75 Å². The molecular weight excluding hydrogens is 570 g/mol. The average molecular weight is 618 g/mol. The third-order valence-electron chi connectivity index (χ3n) is 7.90. The van der Waals surface area contributed by atoms with Crippen LogP contribution in [0.25, 0.3) is 0 Å². The number of hydrogen-bond acceptors (Lipinski definition) is 11. The SMILES string of the molecule is COCCCN1CCOc2ccc(CO[C@H]3CNC[C@@H](OCC[C@H](C)O[N+](=O)[O-])[C@@H]3c3ccc(COCCOC)cc3)cc21. The first kappa shape index (κ1) is 33.9. The lowest BCUT2D eigenvalue weighted by atomic mass is 9.85. The van der Waals surface area contributed by atoms with Crippen LogP contribution >= 0.6 is 0 Å². The first-order valence-electron chi connectivity index (χ1n) is 15.4. The van der Waals surface area contributed by atoms with Crippen molar-refractivity contribution in [1.82, 2.24) is 5.32 Å². The molecule has 2 aromatic carbocycles. The molecule has 44 heavy (non-hydrogen) atoms. The molecule has 2 aromatic rings. The zero-order valence-corrected chi connectivity index (χ0v) is 26.1. The summed E-state index contributed by atoms with van der Waals surface area (Å²) in [5.41, 5.74) is 4.34. The number of fused-ring (bicyclic) bond motifs is 1. The van der Waals surface area contributed by atoms with Crippen molar-refractivity contribution >= 4 is 5.69 Å². The Morgan fingerprint density at radius 1 is 0.977 bits per heavy atom. The summed E-state index contributed by atoms with van der Waals surface area (Å²) in [5.74, 6) is 0.850. The van der Waals surface area contributed by atoms with Gasteiger partial charge >= 0.3 is 0 Å². The third-order valence-corrected chi connectivity index (χ3v) is 7.90. The van der Waals surface area contributed by atoms with E-state index in [0.29, 0.717) is 59.2 Å². The number of benzene rings is 2. The molecule has 0 saturated carbocycles. The second-order valence-corrected chi connectivity index (χ2v) is 11.1. The van der Waals surface area contributed by atoms with E-state index in [1.54, 1.807) is 21.1 Å². The van der Waals surface area contributed by atoms with Gasteiger partial charge in [0.2, 0.25) is 0 Å². The van der Waals surface area contributed by atoms with Gasteiger partial charge in [-0.3, -0.25) is 0 Å². The predicted octanol–water partition coefficient (Wildman–Crippen LogP) is 3.73. The molecule has 12 heteroatoms.